The predicted molar refractivity (Wildman–Crippen MR) is 64.0 cm³/mol. The van der Waals surface area contributed by atoms with E-state index in [2.05, 4.69) is 15.0 Å². The first kappa shape index (κ1) is 12.6. The minimum atomic E-state index is -0.481. The molecule has 6 heteroatoms. The van der Waals surface area contributed by atoms with Gasteiger partial charge in [-0.2, -0.15) is 0 Å². The molecular weight excluding hydrogens is 234 g/mol. The highest BCUT2D eigenvalue weighted by molar-refractivity contribution is 5.88. The Morgan fingerprint density at radius 3 is 2.89 bits per heavy atom. The molecule has 6 nitrogen and oxygen atoms in total. The summed E-state index contributed by atoms with van der Waals surface area (Å²) < 4.78 is 6.21. The topological polar surface area (TPSA) is 73.2 Å². The zero-order valence-corrected chi connectivity index (χ0v) is 10.6. The van der Waals surface area contributed by atoms with Gasteiger partial charge in [0, 0.05) is 6.54 Å². The molecular formula is C12H17N3O3. The van der Waals surface area contributed by atoms with Crippen molar-refractivity contribution in [3.05, 3.63) is 17.7 Å². The first-order valence-electron chi connectivity index (χ1n) is 5.99. The molecule has 0 atom stereocenters. The maximum Gasteiger partial charge on any atom is 0.356 e. The number of aryl methyl sites for hydroxylation is 1. The number of esters is 1. The summed E-state index contributed by atoms with van der Waals surface area (Å²) in [6, 6.07) is 0. The Kier molecular flexibility index (Phi) is 3.64. The summed E-state index contributed by atoms with van der Waals surface area (Å²) in [5.74, 6) is 0.675. The second kappa shape index (κ2) is 5.20. The first-order valence-corrected chi connectivity index (χ1v) is 5.99. The number of methoxy groups -OCH3 is 1. The Bertz CT molecular complexity index is 463. The van der Waals surface area contributed by atoms with Gasteiger partial charge >= 0.3 is 5.97 Å². The number of carbonyl (C=O) groups is 2. The minimum Gasteiger partial charge on any atom is -0.464 e. The van der Waals surface area contributed by atoms with E-state index in [1.54, 1.807) is 11.5 Å². The van der Waals surface area contributed by atoms with Crippen LogP contribution in [0.25, 0.3) is 0 Å². The molecule has 1 fully saturated rings. The van der Waals surface area contributed by atoms with Crippen LogP contribution >= 0.6 is 0 Å². The molecule has 1 aliphatic rings. The van der Waals surface area contributed by atoms with E-state index in [9.17, 15) is 9.59 Å². The van der Waals surface area contributed by atoms with Crippen LogP contribution in [0.5, 0.6) is 0 Å². The van der Waals surface area contributed by atoms with E-state index in [0.29, 0.717) is 17.4 Å². The van der Waals surface area contributed by atoms with Gasteiger partial charge < -0.3 is 14.6 Å². The molecule has 1 amide bonds. The molecule has 0 aromatic carbocycles. The summed E-state index contributed by atoms with van der Waals surface area (Å²) in [5, 5.41) is 2.85. The van der Waals surface area contributed by atoms with Gasteiger partial charge in [0.25, 0.3) is 0 Å². The number of amides is 1. The Labute approximate surface area is 105 Å². The molecule has 18 heavy (non-hydrogen) atoms. The van der Waals surface area contributed by atoms with Crippen molar-refractivity contribution >= 4 is 11.9 Å². The smallest absolute Gasteiger partial charge is 0.356 e. The minimum absolute atomic E-state index is 0.100. The third-order valence-electron chi connectivity index (χ3n) is 3.04. The van der Waals surface area contributed by atoms with Gasteiger partial charge in [0.15, 0.2) is 0 Å². The number of ether oxygens (including phenoxy) is 1. The van der Waals surface area contributed by atoms with Crippen LogP contribution in [-0.2, 0) is 16.1 Å². The largest absolute Gasteiger partial charge is 0.464 e. The van der Waals surface area contributed by atoms with Crippen LogP contribution < -0.4 is 5.32 Å². The molecule has 0 radical (unpaired) electrons. The number of hydrogen-bond acceptors (Lipinski definition) is 4. The Balaban J connectivity index is 2.00. The van der Waals surface area contributed by atoms with Gasteiger partial charge in [-0.1, -0.05) is 0 Å². The maximum absolute atomic E-state index is 11.7. The van der Waals surface area contributed by atoms with Gasteiger partial charge in [-0.15, -0.1) is 0 Å². The highest BCUT2D eigenvalue weighted by atomic mass is 16.5. The molecule has 1 aromatic rings. The van der Waals surface area contributed by atoms with Crippen molar-refractivity contribution < 1.29 is 14.3 Å². The van der Waals surface area contributed by atoms with Crippen LogP contribution in [0.4, 0.5) is 0 Å². The van der Waals surface area contributed by atoms with Crippen molar-refractivity contribution in [2.75, 3.05) is 13.7 Å². The summed E-state index contributed by atoms with van der Waals surface area (Å²) in [7, 11) is 1.31. The van der Waals surface area contributed by atoms with E-state index < -0.39 is 5.97 Å². The van der Waals surface area contributed by atoms with Crippen molar-refractivity contribution in [1.82, 2.24) is 14.9 Å². The van der Waals surface area contributed by atoms with E-state index >= 15 is 0 Å². The molecule has 1 heterocycles. The Morgan fingerprint density at radius 2 is 2.28 bits per heavy atom. The van der Waals surface area contributed by atoms with Crippen LogP contribution in [-0.4, -0.2) is 35.1 Å². The Hall–Kier alpha value is -1.85. The van der Waals surface area contributed by atoms with Crippen LogP contribution in [0.15, 0.2) is 6.20 Å². The average Bonchev–Trinajstić information content (AvgIpc) is 3.12. The number of imidazole rings is 1. The summed E-state index contributed by atoms with van der Waals surface area (Å²) in [4.78, 5) is 27.3. The van der Waals surface area contributed by atoms with E-state index in [-0.39, 0.29) is 12.5 Å². The average molecular weight is 251 g/mol. The molecule has 98 valence electrons. The highest BCUT2D eigenvalue weighted by Crippen LogP contribution is 2.27. The van der Waals surface area contributed by atoms with Crippen LogP contribution in [0.2, 0.25) is 0 Å². The summed E-state index contributed by atoms with van der Waals surface area (Å²) in [6.45, 7) is 2.57. The molecule has 1 aliphatic carbocycles. The van der Waals surface area contributed by atoms with Crippen LogP contribution in [0.3, 0.4) is 0 Å². The third kappa shape index (κ3) is 2.88. The van der Waals surface area contributed by atoms with E-state index in [4.69, 9.17) is 0 Å². The van der Waals surface area contributed by atoms with Crippen molar-refractivity contribution in [3.8, 4) is 0 Å². The molecule has 1 N–H and O–H groups in total. The second-order valence-electron chi connectivity index (χ2n) is 4.52. The number of aromatic nitrogens is 2. The fraction of sp³-hybridized carbons (Fsp3) is 0.583. The SMILES string of the molecule is COC(=O)c1cnc(C)n1CC(=O)NCC1CC1. The highest BCUT2D eigenvalue weighted by Gasteiger charge is 2.22. The number of nitrogens with zero attached hydrogens (tertiary/aromatic N) is 2. The summed E-state index contributed by atoms with van der Waals surface area (Å²) in [5.41, 5.74) is 0.302. The fourth-order valence-electron chi connectivity index (χ4n) is 1.71. The maximum atomic E-state index is 11.7. The van der Waals surface area contributed by atoms with Crippen molar-refractivity contribution in [2.24, 2.45) is 5.92 Å². The van der Waals surface area contributed by atoms with Crippen LogP contribution in [0, 0.1) is 12.8 Å². The zero-order valence-electron chi connectivity index (χ0n) is 10.6. The quantitative estimate of drug-likeness (QED) is 0.774. The molecule has 0 unspecified atom stereocenters. The van der Waals surface area contributed by atoms with E-state index in [0.717, 1.165) is 6.54 Å². The molecule has 2 rings (SSSR count). The van der Waals surface area contributed by atoms with Crippen molar-refractivity contribution in [1.29, 1.82) is 0 Å². The number of nitrogens with one attached hydrogen (secondary N) is 1. The first-order chi connectivity index (χ1) is 8.61. The van der Waals surface area contributed by atoms with Gasteiger partial charge in [0.2, 0.25) is 5.91 Å². The molecule has 1 saturated carbocycles. The number of carbonyl (C=O) groups excluding carboxylic acids is 2. The number of rotatable bonds is 5. The summed E-state index contributed by atoms with van der Waals surface area (Å²) >= 11 is 0. The number of hydrogen-bond donors (Lipinski definition) is 1. The lowest BCUT2D eigenvalue weighted by Gasteiger charge is -2.09. The molecule has 1 aromatic heterocycles. The van der Waals surface area contributed by atoms with E-state index in [1.807, 2.05) is 0 Å². The second-order valence-corrected chi connectivity index (χ2v) is 4.52. The molecule has 0 saturated heterocycles. The van der Waals surface area contributed by atoms with Gasteiger partial charge in [0.05, 0.1) is 13.3 Å². The normalized spacial score (nSPS) is 14.3. The van der Waals surface area contributed by atoms with Crippen molar-refractivity contribution in [3.63, 3.8) is 0 Å². The predicted octanol–water partition coefficient (Wildman–Crippen LogP) is 0.504. The lowest BCUT2D eigenvalue weighted by Crippen LogP contribution is -2.30. The molecule has 0 bridgehead atoms. The summed E-state index contributed by atoms with van der Waals surface area (Å²) in [6.07, 6.45) is 3.81. The van der Waals surface area contributed by atoms with Gasteiger partial charge in [-0.05, 0) is 25.7 Å². The standard InChI is InChI=1S/C12H17N3O3/c1-8-13-6-10(12(17)18-2)15(8)7-11(16)14-5-9-3-4-9/h6,9H,3-5,7H2,1-2H3,(H,14,16). The molecule has 0 aliphatic heterocycles. The fourth-order valence-corrected chi connectivity index (χ4v) is 1.71. The third-order valence-corrected chi connectivity index (χ3v) is 3.04. The lowest BCUT2D eigenvalue weighted by atomic mass is 10.4. The zero-order chi connectivity index (χ0) is 13.1. The van der Waals surface area contributed by atoms with Gasteiger partial charge in [-0.25, -0.2) is 9.78 Å². The lowest BCUT2D eigenvalue weighted by molar-refractivity contribution is -0.121. The van der Waals surface area contributed by atoms with Crippen LogP contribution in [0.1, 0.15) is 29.2 Å². The Morgan fingerprint density at radius 1 is 1.56 bits per heavy atom. The van der Waals surface area contributed by atoms with Gasteiger partial charge in [-0.3, -0.25) is 4.79 Å². The molecule has 0 spiro atoms. The van der Waals surface area contributed by atoms with E-state index in [1.165, 1.54) is 26.1 Å². The van der Waals surface area contributed by atoms with Gasteiger partial charge in [0.1, 0.15) is 18.1 Å². The van der Waals surface area contributed by atoms with Crippen molar-refractivity contribution in [2.45, 2.75) is 26.3 Å². The monoisotopic (exact) mass is 251 g/mol.